The number of nitrogens with zero attached hydrogens (tertiary/aromatic N) is 3. The second kappa shape index (κ2) is 5.23. The topological polar surface area (TPSA) is 29.0 Å². The van der Waals surface area contributed by atoms with E-state index in [0.29, 0.717) is 11.2 Å². The van der Waals surface area contributed by atoms with E-state index in [4.69, 9.17) is 11.6 Å². The van der Waals surface area contributed by atoms with Crippen LogP contribution in [0.5, 0.6) is 0 Å². The molecule has 1 aliphatic rings. The Morgan fingerprint density at radius 1 is 1.44 bits per heavy atom. The molecule has 0 N–H and O–H groups in total. The molecule has 0 saturated carbocycles. The van der Waals surface area contributed by atoms with E-state index in [2.05, 4.69) is 21.8 Å². The SMILES string of the molecule is Cc1nc(Cl)cc(N2CCSCCC2C)n1. The summed E-state index contributed by atoms with van der Waals surface area (Å²) in [5, 5.41) is 0.534. The van der Waals surface area contributed by atoms with Gasteiger partial charge in [0.25, 0.3) is 0 Å². The van der Waals surface area contributed by atoms with Crippen molar-refractivity contribution in [2.45, 2.75) is 26.3 Å². The van der Waals surface area contributed by atoms with E-state index in [1.54, 1.807) is 0 Å². The van der Waals surface area contributed by atoms with E-state index in [-0.39, 0.29) is 0 Å². The highest BCUT2D eigenvalue weighted by Crippen LogP contribution is 2.23. The second-order valence-electron chi connectivity index (χ2n) is 4.04. The lowest BCUT2D eigenvalue weighted by Crippen LogP contribution is -2.34. The Labute approximate surface area is 106 Å². The summed E-state index contributed by atoms with van der Waals surface area (Å²) in [4.78, 5) is 10.9. The van der Waals surface area contributed by atoms with E-state index in [1.807, 2.05) is 24.8 Å². The van der Waals surface area contributed by atoms with Crippen molar-refractivity contribution in [2.24, 2.45) is 0 Å². The van der Waals surface area contributed by atoms with Crippen LogP contribution in [0.15, 0.2) is 6.07 Å². The lowest BCUT2D eigenvalue weighted by Gasteiger charge is -2.28. The maximum Gasteiger partial charge on any atom is 0.134 e. The Morgan fingerprint density at radius 2 is 2.25 bits per heavy atom. The molecule has 2 rings (SSSR count). The van der Waals surface area contributed by atoms with Crippen LogP contribution >= 0.6 is 23.4 Å². The van der Waals surface area contributed by atoms with Gasteiger partial charge in [-0.2, -0.15) is 11.8 Å². The van der Waals surface area contributed by atoms with Gasteiger partial charge in [-0.15, -0.1) is 0 Å². The number of hydrogen-bond donors (Lipinski definition) is 0. The molecule has 0 bridgehead atoms. The van der Waals surface area contributed by atoms with Crippen LogP contribution in [0.1, 0.15) is 19.2 Å². The first kappa shape index (κ1) is 12.0. The van der Waals surface area contributed by atoms with Crippen LogP contribution in [0, 0.1) is 6.92 Å². The normalized spacial score (nSPS) is 21.9. The summed E-state index contributed by atoms with van der Waals surface area (Å²) in [6, 6.07) is 2.39. The van der Waals surface area contributed by atoms with E-state index < -0.39 is 0 Å². The summed E-state index contributed by atoms with van der Waals surface area (Å²) in [5.74, 6) is 4.10. The van der Waals surface area contributed by atoms with E-state index in [1.165, 1.54) is 12.2 Å². The first-order valence-corrected chi connectivity index (χ1v) is 7.05. The van der Waals surface area contributed by atoms with Gasteiger partial charge in [0.2, 0.25) is 0 Å². The summed E-state index contributed by atoms with van der Waals surface area (Å²) < 4.78 is 0. The molecule has 1 unspecified atom stereocenters. The molecule has 16 heavy (non-hydrogen) atoms. The molecular formula is C11H16ClN3S. The van der Waals surface area contributed by atoms with Crippen molar-refractivity contribution < 1.29 is 0 Å². The van der Waals surface area contributed by atoms with Crippen LogP contribution in [0.2, 0.25) is 5.15 Å². The molecule has 1 atom stereocenters. The third-order valence-corrected chi connectivity index (χ3v) is 3.97. The fourth-order valence-electron chi connectivity index (χ4n) is 1.90. The summed E-state index contributed by atoms with van der Waals surface area (Å²) in [6.07, 6.45) is 1.20. The Morgan fingerprint density at radius 3 is 3.00 bits per heavy atom. The summed E-state index contributed by atoms with van der Waals surface area (Å²) in [7, 11) is 0. The highest BCUT2D eigenvalue weighted by molar-refractivity contribution is 7.99. The third-order valence-electron chi connectivity index (χ3n) is 2.78. The van der Waals surface area contributed by atoms with Gasteiger partial charge in [0, 0.05) is 24.4 Å². The van der Waals surface area contributed by atoms with Gasteiger partial charge in [-0.25, -0.2) is 9.97 Å². The summed E-state index contributed by atoms with van der Waals surface area (Å²) in [6.45, 7) is 5.17. The third kappa shape index (κ3) is 2.80. The van der Waals surface area contributed by atoms with Crippen LogP contribution in [-0.2, 0) is 0 Å². The molecule has 0 radical (unpaired) electrons. The molecule has 88 valence electrons. The van der Waals surface area contributed by atoms with Crippen LogP contribution in [0.25, 0.3) is 0 Å². The van der Waals surface area contributed by atoms with Gasteiger partial charge < -0.3 is 4.90 Å². The van der Waals surface area contributed by atoms with Gasteiger partial charge >= 0.3 is 0 Å². The molecule has 1 saturated heterocycles. The number of aryl methyl sites for hydroxylation is 1. The van der Waals surface area contributed by atoms with Crippen molar-refractivity contribution in [1.29, 1.82) is 0 Å². The van der Waals surface area contributed by atoms with E-state index >= 15 is 0 Å². The van der Waals surface area contributed by atoms with Gasteiger partial charge in [-0.1, -0.05) is 11.6 Å². The lowest BCUT2D eigenvalue weighted by atomic mass is 10.2. The molecule has 1 aliphatic heterocycles. The van der Waals surface area contributed by atoms with Crippen molar-refractivity contribution in [3.05, 3.63) is 17.0 Å². The number of rotatable bonds is 1. The summed E-state index contributed by atoms with van der Waals surface area (Å²) in [5.41, 5.74) is 0. The minimum Gasteiger partial charge on any atom is -0.353 e. The predicted octanol–water partition coefficient (Wildman–Crippen LogP) is 2.77. The van der Waals surface area contributed by atoms with Gasteiger partial charge in [0.15, 0.2) is 0 Å². The zero-order valence-electron chi connectivity index (χ0n) is 9.61. The molecule has 2 heterocycles. The van der Waals surface area contributed by atoms with E-state index in [0.717, 1.165) is 23.9 Å². The number of aromatic nitrogens is 2. The minimum absolute atomic E-state index is 0.528. The standard InChI is InChI=1S/C11H16ClN3S/c1-8-3-5-16-6-4-15(8)11-7-10(12)13-9(2)14-11/h7-8H,3-6H2,1-2H3. The molecular weight excluding hydrogens is 242 g/mol. The molecule has 0 aromatic carbocycles. The first-order chi connectivity index (χ1) is 7.66. The second-order valence-corrected chi connectivity index (χ2v) is 5.65. The average Bonchev–Trinajstić information content (AvgIpc) is 2.41. The van der Waals surface area contributed by atoms with Crippen LogP contribution in [0.3, 0.4) is 0 Å². The smallest absolute Gasteiger partial charge is 0.134 e. The molecule has 5 heteroatoms. The van der Waals surface area contributed by atoms with Crippen molar-refractivity contribution in [3.63, 3.8) is 0 Å². The monoisotopic (exact) mass is 257 g/mol. The van der Waals surface area contributed by atoms with Crippen LogP contribution < -0.4 is 4.90 Å². The Kier molecular flexibility index (Phi) is 3.92. The maximum atomic E-state index is 5.97. The maximum absolute atomic E-state index is 5.97. The molecule has 1 aromatic heterocycles. The molecule has 3 nitrogen and oxygen atoms in total. The molecule has 1 fully saturated rings. The minimum atomic E-state index is 0.528. The first-order valence-electron chi connectivity index (χ1n) is 5.52. The highest BCUT2D eigenvalue weighted by atomic mass is 35.5. The van der Waals surface area contributed by atoms with Crippen molar-refractivity contribution in [3.8, 4) is 0 Å². The van der Waals surface area contributed by atoms with Gasteiger partial charge in [-0.3, -0.25) is 0 Å². The zero-order chi connectivity index (χ0) is 11.5. The Hall–Kier alpha value is -0.480. The molecule has 1 aromatic rings. The molecule has 0 aliphatic carbocycles. The van der Waals surface area contributed by atoms with Gasteiger partial charge in [0.1, 0.15) is 16.8 Å². The number of anilines is 1. The van der Waals surface area contributed by atoms with Crippen LogP contribution in [0.4, 0.5) is 5.82 Å². The van der Waals surface area contributed by atoms with Crippen molar-refractivity contribution in [2.75, 3.05) is 23.0 Å². The number of halogens is 1. The summed E-state index contributed by atoms with van der Waals surface area (Å²) >= 11 is 7.98. The quantitative estimate of drug-likeness (QED) is 0.724. The lowest BCUT2D eigenvalue weighted by molar-refractivity contribution is 0.636. The van der Waals surface area contributed by atoms with Crippen LogP contribution in [-0.4, -0.2) is 34.1 Å². The largest absolute Gasteiger partial charge is 0.353 e. The fraction of sp³-hybridized carbons (Fsp3) is 0.636. The number of hydrogen-bond acceptors (Lipinski definition) is 4. The zero-order valence-corrected chi connectivity index (χ0v) is 11.2. The molecule has 0 amide bonds. The number of thioether (sulfide) groups is 1. The Balaban J connectivity index is 2.26. The Bertz CT molecular complexity index is 352. The predicted molar refractivity (Wildman–Crippen MR) is 70.5 cm³/mol. The average molecular weight is 258 g/mol. The van der Waals surface area contributed by atoms with Crippen molar-refractivity contribution in [1.82, 2.24) is 9.97 Å². The molecule has 0 spiro atoms. The van der Waals surface area contributed by atoms with Crippen molar-refractivity contribution >= 4 is 29.2 Å². The fourth-order valence-corrected chi connectivity index (χ4v) is 3.16. The van der Waals surface area contributed by atoms with Gasteiger partial charge in [0.05, 0.1) is 0 Å². The van der Waals surface area contributed by atoms with Gasteiger partial charge in [-0.05, 0) is 26.0 Å². The van der Waals surface area contributed by atoms with E-state index in [9.17, 15) is 0 Å². The highest BCUT2D eigenvalue weighted by Gasteiger charge is 2.19.